The molecule has 1 aromatic carbocycles. The molecule has 0 aliphatic carbocycles. The van der Waals surface area contributed by atoms with Gasteiger partial charge in [0.2, 0.25) is 5.96 Å². The van der Waals surface area contributed by atoms with Gasteiger partial charge < -0.3 is 16.5 Å². The van der Waals surface area contributed by atoms with Crippen LogP contribution < -0.4 is 11.6 Å². The van der Waals surface area contributed by atoms with Gasteiger partial charge in [-0.15, -0.1) is 5.10 Å². The highest BCUT2D eigenvalue weighted by molar-refractivity contribution is 5.77. The molecule has 0 aromatic heterocycles. The minimum atomic E-state index is -0.253. The van der Waals surface area contributed by atoms with E-state index in [0.717, 1.165) is 5.56 Å². The van der Waals surface area contributed by atoms with E-state index in [4.69, 9.17) is 11.6 Å². The van der Waals surface area contributed by atoms with Crippen LogP contribution in [-0.2, 0) is 6.54 Å². The van der Waals surface area contributed by atoms with Crippen molar-refractivity contribution in [1.29, 1.82) is 0 Å². The van der Waals surface area contributed by atoms with Gasteiger partial charge in [0.15, 0.2) is 0 Å². The highest BCUT2D eigenvalue weighted by Gasteiger charge is 2.02. The van der Waals surface area contributed by atoms with Crippen molar-refractivity contribution >= 4 is 5.96 Å². The van der Waals surface area contributed by atoms with Crippen LogP contribution in [0.1, 0.15) is 5.56 Å². The van der Waals surface area contributed by atoms with E-state index in [1.54, 1.807) is 24.1 Å². The van der Waals surface area contributed by atoms with E-state index in [1.807, 2.05) is 0 Å². The Kier molecular flexibility index (Phi) is 3.28. The fourth-order valence-electron chi connectivity index (χ4n) is 1.04. The fourth-order valence-corrected chi connectivity index (χ4v) is 1.04. The molecule has 1 aromatic rings. The van der Waals surface area contributed by atoms with Gasteiger partial charge in [0.1, 0.15) is 5.82 Å². The predicted octanol–water partition coefficient (Wildman–Crippen LogP) is 0.446. The van der Waals surface area contributed by atoms with Crippen molar-refractivity contribution in [2.75, 3.05) is 7.05 Å². The summed E-state index contributed by atoms with van der Waals surface area (Å²) in [6, 6.07) is 6.18. The second-order valence-corrected chi connectivity index (χ2v) is 2.97. The minimum Gasteiger partial charge on any atom is -0.368 e. The van der Waals surface area contributed by atoms with Gasteiger partial charge in [0.25, 0.3) is 0 Å². The quantitative estimate of drug-likeness (QED) is 0.312. The van der Waals surface area contributed by atoms with Crippen LogP contribution in [0.15, 0.2) is 29.4 Å². The first-order valence-electron chi connectivity index (χ1n) is 4.12. The van der Waals surface area contributed by atoms with Gasteiger partial charge in [-0.25, -0.2) is 4.39 Å². The Balaban J connectivity index is 2.65. The number of halogens is 1. The van der Waals surface area contributed by atoms with Crippen molar-refractivity contribution < 1.29 is 4.39 Å². The van der Waals surface area contributed by atoms with Crippen LogP contribution in [-0.4, -0.2) is 17.9 Å². The Morgan fingerprint density at radius 3 is 2.50 bits per heavy atom. The van der Waals surface area contributed by atoms with Gasteiger partial charge in [0.05, 0.1) is 0 Å². The molecule has 14 heavy (non-hydrogen) atoms. The molecule has 0 aliphatic heterocycles. The topological polar surface area (TPSA) is 67.6 Å². The normalized spacial score (nSPS) is 11.4. The zero-order valence-corrected chi connectivity index (χ0v) is 7.94. The Morgan fingerprint density at radius 1 is 1.43 bits per heavy atom. The van der Waals surface area contributed by atoms with Crippen molar-refractivity contribution in [3.05, 3.63) is 35.6 Å². The standard InChI is InChI=1S/C9H13FN4/c1-14(9(11)13-12)6-7-2-4-8(10)5-3-7/h2-5H,6,12H2,1H3,(H2,11,13). The third-order valence-corrected chi connectivity index (χ3v) is 1.86. The van der Waals surface area contributed by atoms with Crippen LogP contribution >= 0.6 is 0 Å². The first kappa shape index (κ1) is 10.3. The van der Waals surface area contributed by atoms with Gasteiger partial charge in [-0.1, -0.05) is 12.1 Å². The Labute approximate surface area is 82.0 Å². The minimum absolute atomic E-state index is 0.245. The summed E-state index contributed by atoms with van der Waals surface area (Å²) in [7, 11) is 1.76. The molecule has 0 aliphatic rings. The zero-order chi connectivity index (χ0) is 10.6. The number of guanidine groups is 1. The summed E-state index contributed by atoms with van der Waals surface area (Å²) in [6.45, 7) is 0.548. The van der Waals surface area contributed by atoms with Crippen molar-refractivity contribution in [2.45, 2.75) is 6.54 Å². The number of hydrogen-bond donors (Lipinski definition) is 2. The summed E-state index contributed by atoms with van der Waals surface area (Å²) in [6.07, 6.45) is 0. The Bertz CT molecular complexity index is 320. The predicted molar refractivity (Wildman–Crippen MR) is 53.7 cm³/mol. The van der Waals surface area contributed by atoms with Gasteiger partial charge in [0, 0.05) is 13.6 Å². The van der Waals surface area contributed by atoms with E-state index in [1.165, 1.54) is 12.1 Å². The van der Waals surface area contributed by atoms with Crippen molar-refractivity contribution in [3.63, 3.8) is 0 Å². The summed E-state index contributed by atoms with van der Waals surface area (Å²) in [5, 5.41) is 3.35. The molecule has 0 atom stereocenters. The van der Waals surface area contributed by atoms with Crippen LogP contribution in [0.2, 0.25) is 0 Å². The average molecular weight is 196 g/mol. The van der Waals surface area contributed by atoms with E-state index in [0.29, 0.717) is 6.54 Å². The first-order valence-corrected chi connectivity index (χ1v) is 4.12. The van der Waals surface area contributed by atoms with Crippen molar-refractivity contribution in [1.82, 2.24) is 4.90 Å². The van der Waals surface area contributed by atoms with Gasteiger partial charge in [-0.05, 0) is 17.7 Å². The molecular formula is C9H13FN4. The maximum Gasteiger partial charge on any atom is 0.213 e. The van der Waals surface area contributed by atoms with Crippen LogP contribution in [0.5, 0.6) is 0 Å². The summed E-state index contributed by atoms with van der Waals surface area (Å²) in [4.78, 5) is 1.67. The molecule has 0 spiro atoms. The lowest BCUT2D eigenvalue weighted by Gasteiger charge is -2.16. The van der Waals surface area contributed by atoms with E-state index in [2.05, 4.69) is 5.10 Å². The Hall–Kier alpha value is -1.78. The molecule has 0 heterocycles. The molecule has 0 saturated carbocycles. The summed E-state index contributed by atoms with van der Waals surface area (Å²) < 4.78 is 12.6. The lowest BCUT2D eigenvalue weighted by molar-refractivity contribution is 0.492. The summed E-state index contributed by atoms with van der Waals surface area (Å²) in [5.41, 5.74) is 6.42. The van der Waals surface area contributed by atoms with Crippen LogP contribution in [0.4, 0.5) is 4.39 Å². The molecule has 0 radical (unpaired) electrons. The number of rotatable bonds is 2. The van der Waals surface area contributed by atoms with Gasteiger partial charge >= 0.3 is 0 Å². The van der Waals surface area contributed by atoms with E-state index >= 15 is 0 Å². The SMILES string of the molecule is CN(Cc1ccc(F)cc1)C(N)=NN. The maximum atomic E-state index is 12.6. The zero-order valence-electron chi connectivity index (χ0n) is 7.94. The van der Waals surface area contributed by atoms with Crippen LogP contribution in [0.25, 0.3) is 0 Å². The van der Waals surface area contributed by atoms with E-state index in [9.17, 15) is 4.39 Å². The molecule has 76 valence electrons. The summed E-state index contributed by atoms with van der Waals surface area (Å²) >= 11 is 0. The van der Waals surface area contributed by atoms with Crippen molar-refractivity contribution in [2.24, 2.45) is 16.7 Å². The lowest BCUT2D eigenvalue weighted by atomic mass is 10.2. The average Bonchev–Trinajstić information content (AvgIpc) is 2.20. The van der Waals surface area contributed by atoms with Crippen molar-refractivity contribution in [3.8, 4) is 0 Å². The molecule has 1 rings (SSSR count). The number of hydrogen-bond acceptors (Lipinski definition) is 2. The van der Waals surface area contributed by atoms with Gasteiger partial charge in [-0.2, -0.15) is 0 Å². The number of hydrazone groups is 1. The molecule has 4 nitrogen and oxygen atoms in total. The van der Waals surface area contributed by atoms with E-state index < -0.39 is 0 Å². The van der Waals surface area contributed by atoms with Crippen LogP contribution in [0, 0.1) is 5.82 Å². The third kappa shape index (κ3) is 2.62. The highest BCUT2D eigenvalue weighted by atomic mass is 19.1. The lowest BCUT2D eigenvalue weighted by Crippen LogP contribution is -2.34. The molecule has 0 fully saturated rings. The molecule has 0 saturated heterocycles. The molecule has 0 bridgehead atoms. The van der Waals surface area contributed by atoms with Gasteiger partial charge in [-0.3, -0.25) is 0 Å². The second kappa shape index (κ2) is 4.45. The first-order chi connectivity index (χ1) is 6.63. The molecule has 0 amide bonds. The number of nitrogens with two attached hydrogens (primary N) is 2. The Morgan fingerprint density at radius 2 is 2.00 bits per heavy atom. The second-order valence-electron chi connectivity index (χ2n) is 2.97. The highest BCUT2D eigenvalue weighted by Crippen LogP contribution is 2.04. The molecular weight excluding hydrogens is 183 g/mol. The fraction of sp³-hybridized carbons (Fsp3) is 0.222. The third-order valence-electron chi connectivity index (χ3n) is 1.86. The number of benzene rings is 1. The molecule has 0 unspecified atom stereocenters. The smallest absolute Gasteiger partial charge is 0.213 e. The molecule has 4 N–H and O–H groups in total. The molecule has 5 heteroatoms. The van der Waals surface area contributed by atoms with Crippen LogP contribution in [0.3, 0.4) is 0 Å². The number of nitrogens with zero attached hydrogens (tertiary/aromatic N) is 2. The monoisotopic (exact) mass is 196 g/mol. The largest absolute Gasteiger partial charge is 0.368 e. The maximum absolute atomic E-state index is 12.6. The van der Waals surface area contributed by atoms with E-state index in [-0.39, 0.29) is 11.8 Å². The summed E-state index contributed by atoms with van der Waals surface area (Å²) in [5.74, 6) is 5.00.